The van der Waals surface area contributed by atoms with Gasteiger partial charge in [0.25, 0.3) is 0 Å². The summed E-state index contributed by atoms with van der Waals surface area (Å²) in [5, 5.41) is 10.0. The summed E-state index contributed by atoms with van der Waals surface area (Å²) >= 11 is 11.9. The number of hydrogen-bond acceptors (Lipinski definition) is 2. The van der Waals surface area contributed by atoms with Crippen molar-refractivity contribution in [2.24, 2.45) is 0 Å². The Morgan fingerprint density at radius 1 is 1.10 bits per heavy atom. The van der Waals surface area contributed by atoms with Gasteiger partial charge in [-0.2, -0.15) is 0 Å². The largest absolute Gasteiger partial charge is 0.497 e. The molecular formula is C16H14Cl2O3. The summed E-state index contributed by atoms with van der Waals surface area (Å²) in [5.74, 6) is -0.438. The molecule has 5 heteroatoms. The Bertz CT molecular complexity index is 638. The second-order valence-corrected chi connectivity index (χ2v) is 5.41. The molecule has 2 aromatic carbocycles. The van der Waals surface area contributed by atoms with E-state index in [2.05, 4.69) is 0 Å². The Balaban J connectivity index is 2.41. The fourth-order valence-electron chi connectivity index (χ4n) is 2.17. The van der Waals surface area contributed by atoms with Crippen molar-refractivity contribution in [2.45, 2.75) is 12.3 Å². The van der Waals surface area contributed by atoms with Crippen LogP contribution in [0.5, 0.6) is 5.75 Å². The Kier molecular flexibility index (Phi) is 5.10. The van der Waals surface area contributed by atoms with E-state index in [-0.39, 0.29) is 12.3 Å². The summed E-state index contributed by atoms with van der Waals surface area (Å²) in [4.78, 5) is 11.1. The molecule has 1 atom stereocenters. The summed E-state index contributed by atoms with van der Waals surface area (Å²) in [6.45, 7) is 0. The first-order chi connectivity index (χ1) is 10.0. The van der Waals surface area contributed by atoms with E-state index in [9.17, 15) is 4.79 Å². The number of aliphatic carboxylic acids is 1. The van der Waals surface area contributed by atoms with Gasteiger partial charge in [-0.05, 0) is 35.4 Å². The maximum absolute atomic E-state index is 11.1. The number of carboxylic acid groups (broad SMARTS) is 1. The molecule has 0 radical (unpaired) electrons. The molecule has 0 bridgehead atoms. The molecule has 21 heavy (non-hydrogen) atoms. The zero-order valence-electron chi connectivity index (χ0n) is 11.3. The van der Waals surface area contributed by atoms with Crippen LogP contribution in [0.2, 0.25) is 10.0 Å². The molecule has 1 unspecified atom stereocenters. The lowest BCUT2D eigenvalue weighted by Gasteiger charge is -2.17. The third-order valence-electron chi connectivity index (χ3n) is 3.24. The van der Waals surface area contributed by atoms with Crippen LogP contribution < -0.4 is 4.74 Å². The highest BCUT2D eigenvalue weighted by Crippen LogP contribution is 2.33. The van der Waals surface area contributed by atoms with Gasteiger partial charge in [0, 0.05) is 5.92 Å². The van der Waals surface area contributed by atoms with Crippen molar-refractivity contribution in [3.63, 3.8) is 0 Å². The van der Waals surface area contributed by atoms with Gasteiger partial charge in [-0.3, -0.25) is 4.79 Å². The van der Waals surface area contributed by atoms with Crippen LogP contribution in [-0.2, 0) is 4.79 Å². The van der Waals surface area contributed by atoms with E-state index in [0.29, 0.717) is 10.0 Å². The fraction of sp³-hybridized carbons (Fsp3) is 0.188. The number of benzene rings is 2. The van der Waals surface area contributed by atoms with Crippen LogP contribution in [0.1, 0.15) is 23.5 Å². The van der Waals surface area contributed by atoms with Gasteiger partial charge >= 0.3 is 5.97 Å². The molecule has 0 aliphatic heterocycles. The Hall–Kier alpha value is -1.71. The number of ether oxygens (including phenoxy) is 1. The van der Waals surface area contributed by atoms with Crippen LogP contribution in [0, 0.1) is 0 Å². The van der Waals surface area contributed by atoms with E-state index in [1.54, 1.807) is 25.3 Å². The highest BCUT2D eigenvalue weighted by atomic mass is 35.5. The van der Waals surface area contributed by atoms with Crippen LogP contribution in [0.15, 0.2) is 42.5 Å². The first-order valence-corrected chi connectivity index (χ1v) is 7.07. The summed E-state index contributed by atoms with van der Waals surface area (Å²) in [5.41, 5.74) is 1.70. The molecule has 110 valence electrons. The van der Waals surface area contributed by atoms with E-state index >= 15 is 0 Å². The van der Waals surface area contributed by atoms with E-state index in [1.165, 1.54) is 0 Å². The van der Waals surface area contributed by atoms with E-state index < -0.39 is 5.97 Å². The standard InChI is InChI=1S/C16H14Cl2O3/c1-21-12-5-2-10(3-6-12)13(9-16(19)20)11-4-7-14(17)15(18)8-11/h2-8,13H,9H2,1H3,(H,19,20). The maximum atomic E-state index is 11.1. The Morgan fingerprint density at radius 2 is 1.71 bits per heavy atom. The highest BCUT2D eigenvalue weighted by molar-refractivity contribution is 6.42. The van der Waals surface area contributed by atoms with Crippen molar-refractivity contribution >= 4 is 29.2 Å². The molecule has 0 spiro atoms. The van der Waals surface area contributed by atoms with Gasteiger partial charge in [0.15, 0.2) is 0 Å². The zero-order chi connectivity index (χ0) is 15.4. The monoisotopic (exact) mass is 324 g/mol. The molecule has 0 aliphatic carbocycles. The summed E-state index contributed by atoms with van der Waals surface area (Å²) in [7, 11) is 1.59. The number of carboxylic acids is 1. The highest BCUT2D eigenvalue weighted by Gasteiger charge is 2.19. The Labute approximate surface area is 133 Å². The normalized spacial score (nSPS) is 12.0. The summed E-state index contributed by atoms with van der Waals surface area (Å²) in [6, 6.07) is 12.5. The molecule has 3 nitrogen and oxygen atoms in total. The van der Waals surface area contributed by atoms with Crippen molar-refractivity contribution in [3.05, 3.63) is 63.6 Å². The van der Waals surface area contributed by atoms with Crippen molar-refractivity contribution in [3.8, 4) is 5.75 Å². The van der Waals surface area contributed by atoms with Gasteiger partial charge in [-0.15, -0.1) is 0 Å². The van der Waals surface area contributed by atoms with E-state index in [1.807, 2.05) is 24.3 Å². The average molecular weight is 325 g/mol. The summed E-state index contributed by atoms with van der Waals surface area (Å²) in [6.07, 6.45) is -0.0235. The first-order valence-electron chi connectivity index (χ1n) is 6.32. The van der Waals surface area contributed by atoms with E-state index in [0.717, 1.165) is 16.9 Å². The topological polar surface area (TPSA) is 46.5 Å². The maximum Gasteiger partial charge on any atom is 0.304 e. The molecule has 2 rings (SSSR count). The first kappa shape index (κ1) is 15.7. The van der Waals surface area contributed by atoms with Crippen LogP contribution >= 0.6 is 23.2 Å². The number of carbonyl (C=O) groups is 1. The molecule has 0 saturated carbocycles. The van der Waals surface area contributed by atoms with Crippen molar-refractivity contribution in [2.75, 3.05) is 7.11 Å². The predicted octanol–water partition coefficient (Wildman–Crippen LogP) is 4.61. The molecule has 1 N–H and O–H groups in total. The lowest BCUT2D eigenvalue weighted by Crippen LogP contribution is -2.08. The smallest absolute Gasteiger partial charge is 0.304 e. The van der Waals surface area contributed by atoms with Gasteiger partial charge in [0.2, 0.25) is 0 Å². The van der Waals surface area contributed by atoms with Crippen molar-refractivity contribution in [1.29, 1.82) is 0 Å². The Morgan fingerprint density at radius 3 is 2.24 bits per heavy atom. The number of methoxy groups -OCH3 is 1. The van der Waals surface area contributed by atoms with Gasteiger partial charge in [-0.25, -0.2) is 0 Å². The molecule has 0 saturated heterocycles. The number of hydrogen-bond donors (Lipinski definition) is 1. The number of halogens is 2. The predicted molar refractivity (Wildman–Crippen MR) is 83.6 cm³/mol. The van der Waals surface area contributed by atoms with Crippen LogP contribution in [0.3, 0.4) is 0 Å². The van der Waals surface area contributed by atoms with Crippen LogP contribution in [-0.4, -0.2) is 18.2 Å². The van der Waals surface area contributed by atoms with Crippen LogP contribution in [0.4, 0.5) is 0 Å². The minimum atomic E-state index is -0.873. The van der Waals surface area contributed by atoms with Gasteiger partial charge in [0.05, 0.1) is 23.6 Å². The van der Waals surface area contributed by atoms with Crippen molar-refractivity contribution in [1.82, 2.24) is 0 Å². The third-order valence-corrected chi connectivity index (χ3v) is 3.98. The van der Waals surface area contributed by atoms with Crippen molar-refractivity contribution < 1.29 is 14.6 Å². The minimum absolute atomic E-state index is 0.0235. The average Bonchev–Trinajstić information content (AvgIpc) is 2.48. The van der Waals surface area contributed by atoms with Gasteiger partial charge < -0.3 is 9.84 Å². The van der Waals surface area contributed by atoms with Gasteiger partial charge in [0.1, 0.15) is 5.75 Å². The third kappa shape index (κ3) is 3.90. The molecule has 0 aliphatic rings. The zero-order valence-corrected chi connectivity index (χ0v) is 12.9. The van der Waals surface area contributed by atoms with E-state index in [4.69, 9.17) is 33.0 Å². The van der Waals surface area contributed by atoms with Gasteiger partial charge in [-0.1, -0.05) is 41.4 Å². The summed E-state index contributed by atoms with van der Waals surface area (Å²) < 4.78 is 5.12. The lowest BCUT2D eigenvalue weighted by atomic mass is 9.88. The minimum Gasteiger partial charge on any atom is -0.497 e. The quantitative estimate of drug-likeness (QED) is 0.873. The molecule has 0 heterocycles. The second kappa shape index (κ2) is 6.83. The number of rotatable bonds is 5. The van der Waals surface area contributed by atoms with Crippen LogP contribution in [0.25, 0.3) is 0 Å². The lowest BCUT2D eigenvalue weighted by molar-refractivity contribution is -0.137. The SMILES string of the molecule is COc1ccc(C(CC(=O)O)c2ccc(Cl)c(Cl)c2)cc1. The molecular weight excluding hydrogens is 311 g/mol. The molecule has 0 amide bonds. The molecule has 0 aromatic heterocycles. The molecule has 0 fully saturated rings. The fourth-order valence-corrected chi connectivity index (χ4v) is 2.47. The molecule has 2 aromatic rings. The second-order valence-electron chi connectivity index (χ2n) is 4.60.